The average Bonchev–Trinajstić information content (AvgIpc) is 2.49. The SMILES string of the molecule is CCS(=O)(=O)c1ccc(NS(=O)(=O)c2cc(F)ccc2F)cc1. The lowest BCUT2D eigenvalue weighted by Crippen LogP contribution is -2.15. The first-order valence-electron chi connectivity index (χ1n) is 6.46. The lowest BCUT2D eigenvalue weighted by Gasteiger charge is -2.09. The topological polar surface area (TPSA) is 80.3 Å². The highest BCUT2D eigenvalue weighted by Gasteiger charge is 2.20. The average molecular weight is 361 g/mol. The van der Waals surface area contributed by atoms with Crippen molar-refractivity contribution in [2.75, 3.05) is 10.5 Å². The molecule has 0 bridgehead atoms. The summed E-state index contributed by atoms with van der Waals surface area (Å²) in [5.41, 5.74) is 0.0312. The van der Waals surface area contributed by atoms with Crippen molar-refractivity contribution in [3.05, 3.63) is 54.1 Å². The number of anilines is 1. The minimum absolute atomic E-state index is 0.0312. The molecule has 124 valence electrons. The molecular weight excluding hydrogens is 348 g/mol. The summed E-state index contributed by atoms with van der Waals surface area (Å²) in [6.45, 7) is 1.48. The zero-order chi connectivity index (χ0) is 17.3. The Kier molecular flexibility index (Phi) is 4.71. The molecule has 2 aromatic carbocycles. The summed E-state index contributed by atoms with van der Waals surface area (Å²) in [6.07, 6.45) is 0. The second kappa shape index (κ2) is 6.25. The van der Waals surface area contributed by atoms with Crippen molar-refractivity contribution in [2.45, 2.75) is 16.7 Å². The van der Waals surface area contributed by atoms with Gasteiger partial charge >= 0.3 is 0 Å². The van der Waals surface area contributed by atoms with E-state index >= 15 is 0 Å². The van der Waals surface area contributed by atoms with Crippen LogP contribution in [0.1, 0.15) is 6.92 Å². The number of benzene rings is 2. The fraction of sp³-hybridized carbons (Fsp3) is 0.143. The standard InChI is InChI=1S/C14H13F2NO4S2/c1-2-22(18,19)12-6-4-11(5-7-12)17-23(20,21)14-9-10(15)3-8-13(14)16/h3-9,17H,2H2,1H3. The fourth-order valence-electron chi connectivity index (χ4n) is 1.79. The Bertz CT molecular complexity index is 924. The quantitative estimate of drug-likeness (QED) is 0.888. The van der Waals surface area contributed by atoms with Gasteiger partial charge in [-0.1, -0.05) is 6.92 Å². The molecule has 0 atom stereocenters. The molecule has 1 N–H and O–H groups in total. The summed E-state index contributed by atoms with van der Waals surface area (Å²) in [6, 6.07) is 7.01. The van der Waals surface area contributed by atoms with E-state index in [-0.39, 0.29) is 16.3 Å². The van der Waals surface area contributed by atoms with Gasteiger partial charge in [-0.05, 0) is 42.5 Å². The Hall–Kier alpha value is -2.00. The van der Waals surface area contributed by atoms with Crippen LogP contribution < -0.4 is 4.72 Å². The number of nitrogens with one attached hydrogen (secondary N) is 1. The molecule has 0 heterocycles. The second-order valence-corrected chi connectivity index (χ2v) is 8.54. The molecule has 0 aliphatic rings. The lowest BCUT2D eigenvalue weighted by atomic mass is 10.3. The molecule has 0 unspecified atom stereocenters. The van der Waals surface area contributed by atoms with Gasteiger partial charge in [0.1, 0.15) is 16.5 Å². The molecule has 2 rings (SSSR count). The van der Waals surface area contributed by atoms with Gasteiger partial charge in [-0.3, -0.25) is 4.72 Å². The lowest BCUT2D eigenvalue weighted by molar-refractivity contribution is 0.555. The molecular formula is C14H13F2NO4S2. The summed E-state index contributed by atoms with van der Waals surface area (Å²) in [5, 5.41) is 0. The number of sulfone groups is 1. The normalized spacial score (nSPS) is 12.1. The van der Waals surface area contributed by atoms with Crippen LogP contribution in [0.3, 0.4) is 0 Å². The maximum Gasteiger partial charge on any atom is 0.264 e. The van der Waals surface area contributed by atoms with Crippen LogP contribution in [0.4, 0.5) is 14.5 Å². The number of hydrogen-bond donors (Lipinski definition) is 1. The van der Waals surface area contributed by atoms with Crippen molar-refractivity contribution in [3.8, 4) is 0 Å². The third kappa shape index (κ3) is 3.85. The van der Waals surface area contributed by atoms with Gasteiger partial charge in [0.25, 0.3) is 10.0 Å². The van der Waals surface area contributed by atoms with Gasteiger partial charge in [-0.25, -0.2) is 25.6 Å². The molecule has 0 fully saturated rings. The maximum atomic E-state index is 13.6. The van der Waals surface area contributed by atoms with Crippen molar-refractivity contribution in [1.29, 1.82) is 0 Å². The Balaban J connectivity index is 2.33. The molecule has 0 spiro atoms. The van der Waals surface area contributed by atoms with Crippen LogP contribution in [0.5, 0.6) is 0 Å². The highest BCUT2D eigenvalue weighted by Crippen LogP contribution is 2.21. The third-order valence-electron chi connectivity index (χ3n) is 3.03. The van der Waals surface area contributed by atoms with Crippen LogP contribution in [-0.2, 0) is 19.9 Å². The van der Waals surface area contributed by atoms with E-state index in [1.54, 1.807) is 0 Å². The molecule has 0 saturated carbocycles. The Labute approximate surface area is 132 Å². The second-order valence-electron chi connectivity index (χ2n) is 4.61. The first-order valence-corrected chi connectivity index (χ1v) is 9.60. The molecule has 0 aliphatic carbocycles. The van der Waals surface area contributed by atoms with Crippen molar-refractivity contribution < 1.29 is 25.6 Å². The summed E-state index contributed by atoms with van der Waals surface area (Å²) in [4.78, 5) is -0.789. The van der Waals surface area contributed by atoms with Crippen LogP contribution in [0.15, 0.2) is 52.3 Å². The molecule has 23 heavy (non-hydrogen) atoms. The molecule has 0 aliphatic heterocycles. The summed E-state index contributed by atoms with van der Waals surface area (Å²) >= 11 is 0. The van der Waals surface area contributed by atoms with Crippen molar-refractivity contribution in [1.82, 2.24) is 0 Å². The summed E-state index contributed by atoms with van der Waals surface area (Å²) in [7, 11) is -7.74. The smallest absolute Gasteiger partial charge is 0.264 e. The van der Waals surface area contributed by atoms with E-state index in [0.29, 0.717) is 12.1 Å². The Morgan fingerprint density at radius 2 is 1.57 bits per heavy atom. The number of sulfonamides is 1. The van der Waals surface area contributed by atoms with Crippen LogP contribution in [0.2, 0.25) is 0 Å². The van der Waals surface area contributed by atoms with Gasteiger partial charge < -0.3 is 0 Å². The zero-order valence-electron chi connectivity index (χ0n) is 12.0. The van der Waals surface area contributed by atoms with Gasteiger partial charge in [0, 0.05) is 5.69 Å². The highest BCUT2D eigenvalue weighted by atomic mass is 32.2. The van der Waals surface area contributed by atoms with E-state index in [1.807, 2.05) is 0 Å². The first-order chi connectivity index (χ1) is 10.7. The number of hydrogen-bond acceptors (Lipinski definition) is 4. The highest BCUT2D eigenvalue weighted by molar-refractivity contribution is 7.92. The maximum absolute atomic E-state index is 13.6. The summed E-state index contributed by atoms with van der Waals surface area (Å²) < 4.78 is 76.2. The molecule has 0 saturated heterocycles. The number of halogens is 2. The monoisotopic (exact) mass is 361 g/mol. The Morgan fingerprint density at radius 1 is 0.957 bits per heavy atom. The summed E-state index contributed by atoms with van der Waals surface area (Å²) in [5.74, 6) is -2.08. The van der Waals surface area contributed by atoms with Gasteiger partial charge in [-0.15, -0.1) is 0 Å². The predicted octanol–water partition coefficient (Wildman–Crippen LogP) is 2.56. The van der Waals surface area contributed by atoms with E-state index in [2.05, 4.69) is 4.72 Å². The molecule has 0 aromatic heterocycles. The molecule has 2 aromatic rings. The molecule has 0 radical (unpaired) electrons. The van der Waals surface area contributed by atoms with E-state index in [4.69, 9.17) is 0 Å². The van der Waals surface area contributed by atoms with Crippen molar-refractivity contribution in [2.24, 2.45) is 0 Å². The minimum Gasteiger partial charge on any atom is -0.280 e. The van der Waals surface area contributed by atoms with Crippen LogP contribution in [-0.4, -0.2) is 22.6 Å². The van der Waals surface area contributed by atoms with E-state index in [9.17, 15) is 25.6 Å². The molecule has 5 nitrogen and oxygen atoms in total. The predicted molar refractivity (Wildman–Crippen MR) is 81.3 cm³/mol. The van der Waals surface area contributed by atoms with Crippen LogP contribution >= 0.6 is 0 Å². The van der Waals surface area contributed by atoms with E-state index < -0.39 is 36.4 Å². The van der Waals surface area contributed by atoms with Crippen molar-refractivity contribution in [3.63, 3.8) is 0 Å². The van der Waals surface area contributed by atoms with Crippen molar-refractivity contribution >= 4 is 25.5 Å². The number of rotatable bonds is 5. The van der Waals surface area contributed by atoms with E-state index in [1.165, 1.54) is 31.2 Å². The van der Waals surface area contributed by atoms with Gasteiger partial charge in [0.15, 0.2) is 9.84 Å². The van der Waals surface area contributed by atoms with Gasteiger partial charge in [0.2, 0.25) is 0 Å². The fourth-order valence-corrected chi connectivity index (χ4v) is 3.82. The minimum atomic E-state index is -4.33. The van der Waals surface area contributed by atoms with Crippen LogP contribution in [0, 0.1) is 11.6 Å². The van der Waals surface area contributed by atoms with E-state index in [0.717, 1.165) is 6.07 Å². The first kappa shape index (κ1) is 17.4. The van der Waals surface area contributed by atoms with Gasteiger partial charge in [-0.2, -0.15) is 0 Å². The molecule has 9 heteroatoms. The zero-order valence-corrected chi connectivity index (χ0v) is 13.6. The van der Waals surface area contributed by atoms with Gasteiger partial charge in [0.05, 0.1) is 10.6 Å². The third-order valence-corrected chi connectivity index (χ3v) is 6.18. The largest absolute Gasteiger partial charge is 0.280 e. The van der Waals surface area contributed by atoms with Crippen LogP contribution in [0.25, 0.3) is 0 Å². The molecule has 0 amide bonds. The Morgan fingerprint density at radius 3 is 2.13 bits per heavy atom.